The van der Waals surface area contributed by atoms with E-state index in [1.165, 1.54) is 17.0 Å². The van der Waals surface area contributed by atoms with E-state index in [1.807, 2.05) is 0 Å². The zero-order valence-corrected chi connectivity index (χ0v) is 16.5. The number of amides is 2. The predicted molar refractivity (Wildman–Crippen MR) is 102 cm³/mol. The van der Waals surface area contributed by atoms with Crippen LogP contribution in [0.3, 0.4) is 0 Å². The van der Waals surface area contributed by atoms with Crippen LogP contribution in [0, 0.1) is 0 Å². The van der Waals surface area contributed by atoms with Crippen molar-refractivity contribution in [3.63, 3.8) is 0 Å². The van der Waals surface area contributed by atoms with Gasteiger partial charge in [-0.2, -0.15) is 13.2 Å². The zero-order valence-electron chi connectivity index (χ0n) is 14.9. The van der Waals surface area contributed by atoms with Crippen LogP contribution in [0.4, 0.5) is 18.9 Å². The molecular weight excluding hydrogens is 441 g/mol. The molecule has 2 rings (SSSR count). The van der Waals surface area contributed by atoms with Gasteiger partial charge in [0.2, 0.25) is 5.91 Å². The Morgan fingerprint density at radius 2 is 1.75 bits per heavy atom. The largest absolute Gasteiger partial charge is 0.484 e. The van der Waals surface area contributed by atoms with Gasteiger partial charge in [0.05, 0.1) is 17.8 Å². The van der Waals surface area contributed by atoms with Gasteiger partial charge in [-0.25, -0.2) is 0 Å². The van der Waals surface area contributed by atoms with Crippen LogP contribution in [0.15, 0.2) is 53.0 Å². The van der Waals surface area contributed by atoms with Crippen LogP contribution >= 0.6 is 15.9 Å². The predicted octanol–water partition coefficient (Wildman–Crippen LogP) is 4.33. The number of alkyl halides is 3. The number of nitrogens with one attached hydrogen (secondary N) is 1. The third-order valence-corrected chi connectivity index (χ3v) is 4.28. The summed E-state index contributed by atoms with van der Waals surface area (Å²) in [6.45, 7) is 1.19. The number of hydrogen-bond donors (Lipinski definition) is 1. The van der Waals surface area contributed by atoms with Crippen LogP contribution in [0.5, 0.6) is 5.75 Å². The van der Waals surface area contributed by atoms with Crippen LogP contribution in [0.25, 0.3) is 0 Å². The molecule has 0 heterocycles. The molecule has 0 spiro atoms. The summed E-state index contributed by atoms with van der Waals surface area (Å²) >= 11 is 3.29. The van der Waals surface area contributed by atoms with Gasteiger partial charge in [-0.15, -0.1) is 0 Å². The molecule has 0 atom stereocenters. The molecule has 2 aromatic carbocycles. The Labute approximate surface area is 168 Å². The van der Waals surface area contributed by atoms with Crippen molar-refractivity contribution in [2.45, 2.75) is 13.1 Å². The summed E-state index contributed by atoms with van der Waals surface area (Å²) in [5.74, 6) is -0.698. The fourth-order valence-electron chi connectivity index (χ4n) is 2.35. The zero-order chi connectivity index (χ0) is 20.7. The third kappa shape index (κ3) is 6.26. The van der Waals surface area contributed by atoms with E-state index in [-0.39, 0.29) is 25.4 Å². The Kier molecular flexibility index (Phi) is 7.45. The minimum atomic E-state index is -4.59. The van der Waals surface area contributed by atoms with Crippen molar-refractivity contribution in [2.24, 2.45) is 0 Å². The van der Waals surface area contributed by atoms with Gasteiger partial charge in [-0.1, -0.05) is 28.1 Å². The average molecular weight is 459 g/mol. The molecule has 0 fully saturated rings. The second-order valence-electron chi connectivity index (χ2n) is 5.74. The van der Waals surface area contributed by atoms with Gasteiger partial charge in [0.1, 0.15) is 5.75 Å². The topological polar surface area (TPSA) is 58.6 Å². The Morgan fingerprint density at radius 1 is 1.11 bits per heavy atom. The van der Waals surface area contributed by atoms with Gasteiger partial charge in [-0.05, 0) is 43.3 Å². The maximum atomic E-state index is 13.0. The molecule has 28 heavy (non-hydrogen) atoms. The first-order valence-corrected chi connectivity index (χ1v) is 9.12. The van der Waals surface area contributed by atoms with Gasteiger partial charge in [0.25, 0.3) is 5.91 Å². The van der Waals surface area contributed by atoms with Crippen molar-refractivity contribution in [3.8, 4) is 5.75 Å². The number of halogens is 4. The van der Waals surface area contributed by atoms with Gasteiger partial charge >= 0.3 is 6.18 Å². The number of carbonyl (C=O) groups is 2. The van der Waals surface area contributed by atoms with E-state index in [2.05, 4.69) is 21.2 Å². The van der Waals surface area contributed by atoms with E-state index in [4.69, 9.17) is 4.74 Å². The van der Waals surface area contributed by atoms with Crippen molar-refractivity contribution in [1.82, 2.24) is 4.90 Å². The van der Waals surface area contributed by atoms with E-state index in [9.17, 15) is 22.8 Å². The monoisotopic (exact) mass is 458 g/mol. The molecule has 0 aromatic heterocycles. The Morgan fingerprint density at radius 3 is 2.36 bits per heavy atom. The first-order chi connectivity index (χ1) is 13.2. The van der Waals surface area contributed by atoms with E-state index < -0.39 is 23.6 Å². The maximum absolute atomic E-state index is 13.0. The fraction of sp³-hybridized carbons (Fsp3) is 0.263. The number of ether oxygens (including phenoxy) is 1. The Balaban J connectivity index is 1.95. The van der Waals surface area contributed by atoms with Gasteiger partial charge in [-0.3, -0.25) is 9.59 Å². The van der Waals surface area contributed by atoms with Crippen molar-refractivity contribution < 1.29 is 27.5 Å². The number of benzene rings is 2. The molecule has 0 unspecified atom stereocenters. The fourth-order valence-corrected chi connectivity index (χ4v) is 2.61. The number of nitrogens with zero attached hydrogens (tertiary/aromatic N) is 1. The molecule has 9 heteroatoms. The highest BCUT2D eigenvalue weighted by Crippen LogP contribution is 2.34. The second kappa shape index (κ2) is 9.59. The molecule has 0 saturated heterocycles. The van der Waals surface area contributed by atoms with Gasteiger partial charge in [0, 0.05) is 11.0 Å². The lowest BCUT2D eigenvalue weighted by molar-refractivity contribution is -0.137. The van der Waals surface area contributed by atoms with Crippen LogP contribution in [-0.4, -0.2) is 36.4 Å². The van der Waals surface area contributed by atoms with Gasteiger partial charge in [0.15, 0.2) is 6.61 Å². The minimum Gasteiger partial charge on any atom is -0.484 e. The number of likely N-dealkylation sites (N-methyl/N-ethyl adjacent to an activating group) is 1. The lowest BCUT2D eigenvalue weighted by Crippen LogP contribution is -2.40. The third-order valence-electron chi connectivity index (χ3n) is 3.75. The Bertz CT molecular complexity index is 826. The molecule has 0 radical (unpaired) electrons. The molecule has 0 bridgehead atoms. The molecular formula is C19H18BrF3N2O3. The highest BCUT2D eigenvalue weighted by molar-refractivity contribution is 9.10. The Hall–Kier alpha value is -2.55. The number of carbonyl (C=O) groups excluding carboxylic acids is 2. The first-order valence-electron chi connectivity index (χ1n) is 8.33. The minimum absolute atomic E-state index is 0.205. The summed E-state index contributed by atoms with van der Waals surface area (Å²) in [6.07, 6.45) is -4.59. The van der Waals surface area contributed by atoms with Crippen LogP contribution < -0.4 is 10.1 Å². The van der Waals surface area contributed by atoms with E-state index >= 15 is 0 Å². The molecule has 1 N–H and O–H groups in total. The summed E-state index contributed by atoms with van der Waals surface area (Å²) in [5.41, 5.74) is -1.30. The lowest BCUT2D eigenvalue weighted by Gasteiger charge is -2.21. The maximum Gasteiger partial charge on any atom is 0.418 e. The summed E-state index contributed by atoms with van der Waals surface area (Å²) in [5, 5.41) is 2.22. The average Bonchev–Trinajstić information content (AvgIpc) is 2.65. The van der Waals surface area contributed by atoms with E-state index in [0.717, 1.165) is 16.6 Å². The van der Waals surface area contributed by atoms with Crippen molar-refractivity contribution in [3.05, 3.63) is 58.6 Å². The lowest BCUT2D eigenvalue weighted by atomic mass is 10.1. The summed E-state index contributed by atoms with van der Waals surface area (Å²) in [6, 6.07) is 11.5. The highest BCUT2D eigenvalue weighted by Gasteiger charge is 2.33. The summed E-state index contributed by atoms with van der Waals surface area (Å²) in [7, 11) is 0. The molecule has 5 nitrogen and oxygen atoms in total. The molecule has 0 aliphatic heterocycles. The number of hydrogen-bond acceptors (Lipinski definition) is 3. The smallest absolute Gasteiger partial charge is 0.418 e. The van der Waals surface area contributed by atoms with Crippen LogP contribution in [0.1, 0.15) is 12.5 Å². The SMILES string of the molecule is CCN(CC(=O)Nc1ccccc1C(F)(F)F)C(=O)COc1ccc(Br)cc1. The number of rotatable bonds is 7. The first kappa shape index (κ1) is 21.7. The number of anilines is 1. The van der Waals surface area contributed by atoms with E-state index in [0.29, 0.717) is 5.75 Å². The van der Waals surface area contributed by atoms with Crippen molar-refractivity contribution >= 4 is 33.4 Å². The molecule has 2 amide bonds. The highest BCUT2D eigenvalue weighted by atomic mass is 79.9. The molecule has 0 aliphatic rings. The van der Waals surface area contributed by atoms with E-state index in [1.54, 1.807) is 31.2 Å². The molecule has 150 valence electrons. The normalized spacial score (nSPS) is 11.0. The molecule has 0 aliphatic carbocycles. The van der Waals surface area contributed by atoms with Crippen molar-refractivity contribution in [2.75, 3.05) is 25.0 Å². The summed E-state index contributed by atoms with van der Waals surface area (Å²) in [4.78, 5) is 25.6. The van der Waals surface area contributed by atoms with Crippen molar-refractivity contribution in [1.29, 1.82) is 0 Å². The molecule has 0 saturated carbocycles. The summed E-state index contributed by atoms with van der Waals surface area (Å²) < 4.78 is 45.3. The van der Waals surface area contributed by atoms with Gasteiger partial charge < -0.3 is 15.0 Å². The standard InChI is InChI=1S/C19H18BrF3N2O3/c1-2-25(18(27)12-28-14-9-7-13(20)8-10-14)11-17(26)24-16-6-4-3-5-15(16)19(21,22)23/h3-10H,2,11-12H2,1H3,(H,24,26). The number of para-hydroxylation sites is 1. The second-order valence-corrected chi connectivity index (χ2v) is 6.66. The van der Waals surface area contributed by atoms with Crippen LogP contribution in [-0.2, 0) is 15.8 Å². The molecule has 2 aromatic rings. The van der Waals surface area contributed by atoms with Crippen LogP contribution in [0.2, 0.25) is 0 Å². The quantitative estimate of drug-likeness (QED) is 0.671.